The number of amides is 2. The van der Waals surface area contributed by atoms with Crippen molar-refractivity contribution in [1.29, 1.82) is 0 Å². The second-order valence-corrected chi connectivity index (χ2v) is 10.9. The Kier molecular flexibility index (Phi) is 6.54. The maximum Gasteiger partial charge on any atom is 0.311 e. The van der Waals surface area contributed by atoms with E-state index in [1.165, 1.54) is 4.90 Å². The van der Waals surface area contributed by atoms with E-state index in [2.05, 4.69) is 10.2 Å². The van der Waals surface area contributed by atoms with E-state index in [0.717, 1.165) is 26.1 Å². The van der Waals surface area contributed by atoms with Crippen LogP contribution < -0.4 is 5.32 Å². The van der Waals surface area contributed by atoms with Gasteiger partial charge in [0.1, 0.15) is 6.04 Å². The summed E-state index contributed by atoms with van der Waals surface area (Å²) in [6, 6.07) is -0.687. The molecule has 0 aromatic heterocycles. The quantitative estimate of drug-likeness (QED) is 0.471. The van der Waals surface area contributed by atoms with Crippen molar-refractivity contribution >= 4 is 29.5 Å². The van der Waals surface area contributed by atoms with E-state index in [-0.39, 0.29) is 37.5 Å². The number of β-amino-alcohol motifs (C(OH)–C–C–N with tert-alkyl or cyclic N) is 1. The first kappa shape index (κ1) is 22.8. The third kappa shape index (κ3) is 3.75. The molecule has 0 aromatic carbocycles. The molecule has 4 aliphatic heterocycles. The standard InChI is InChI=1S/C21H33N3O6S/c1-3-30-19(28)15-14-18(27)24(8-11-25)16(21(14)5-4-20(15,2)31-21)17(26)22-6-7-23-9-12-29-13-10-23/h14-16,25H,3-13H2,1-2H3,(H,22,26)/t14-,15-,16?,20+,21?/m0/s1. The first-order chi connectivity index (χ1) is 14.9. The number of morpholine rings is 1. The number of fused-ring (bicyclic) bond motifs is 1. The number of esters is 1. The zero-order chi connectivity index (χ0) is 22.2. The fourth-order valence-electron chi connectivity index (χ4n) is 5.92. The van der Waals surface area contributed by atoms with Crippen LogP contribution in [0.5, 0.6) is 0 Å². The molecule has 4 rings (SSSR count). The molecule has 4 heterocycles. The van der Waals surface area contributed by atoms with Gasteiger partial charge in [-0.05, 0) is 26.7 Å². The summed E-state index contributed by atoms with van der Waals surface area (Å²) in [6.07, 6.45) is 1.46. The van der Waals surface area contributed by atoms with E-state index >= 15 is 0 Å². The van der Waals surface area contributed by atoms with E-state index < -0.39 is 27.4 Å². The number of carbonyl (C=O) groups excluding carboxylic acids is 3. The largest absolute Gasteiger partial charge is 0.466 e. The van der Waals surface area contributed by atoms with Crippen LogP contribution >= 0.6 is 11.8 Å². The Morgan fingerprint density at radius 2 is 2.03 bits per heavy atom. The average molecular weight is 456 g/mol. The SMILES string of the molecule is CCOC(=O)[C@@H]1[C@H]2C(=O)N(CCO)C(C(=O)NCCN3CCOCC3)C23CC[C@@]1(C)S3. The molecule has 9 nitrogen and oxygen atoms in total. The van der Waals surface area contributed by atoms with E-state index in [0.29, 0.717) is 26.2 Å². The van der Waals surface area contributed by atoms with Gasteiger partial charge in [-0.15, -0.1) is 11.8 Å². The topological polar surface area (TPSA) is 108 Å². The molecule has 5 atom stereocenters. The lowest BCUT2D eigenvalue weighted by atomic mass is 9.66. The van der Waals surface area contributed by atoms with Gasteiger partial charge in [-0.1, -0.05) is 0 Å². The molecule has 1 spiro atoms. The maximum absolute atomic E-state index is 13.5. The predicted molar refractivity (Wildman–Crippen MR) is 114 cm³/mol. The molecule has 174 valence electrons. The van der Waals surface area contributed by atoms with E-state index in [1.54, 1.807) is 18.7 Å². The summed E-state index contributed by atoms with van der Waals surface area (Å²) < 4.78 is 9.63. The van der Waals surface area contributed by atoms with Crippen molar-refractivity contribution in [2.24, 2.45) is 11.8 Å². The number of hydrogen-bond donors (Lipinski definition) is 2. The third-order valence-electron chi connectivity index (χ3n) is 7.24. The molecule has 31 heavy (non-hydrogen) atoms. The summed E-state index contributed by atoms with van der Waals surface area (Å²) >= 11 is 1.61. The molecule has 0 saturated carbocycles. The van der Waals surface area contributed by atoms with Gasteiger partial charge in [-0.25, -0.2) is 0 Å². The number of carbonyl (C=O) groups is 3. The number of ether oxygens (including phenoxy) is 2. The van der Waals surface area contributed by atoms with Gasteiger partial charge in [0.15, 0.2) is 0 Å². The predicted octanol–water partition coefficient (Wildman–Crippen LogP) is -0.528. The van der Waals surface area contributed by atoms with Gasteiger partial charge in [0.05, 0.1) is 43.0 Å². The molecule has 4 fully saturated rings. The summed E-state index contributed by atoms with van der Waals surface area (Å²) in [5.74, 6) is -1.91. The number of hydrogen-bond acceptors (Lipinski definition) is 8. The Hall–Kier alpha value is -1.36. The first-order valence-corrected chi connectivity index (χ1v) is 12.1. The van der Waals surface area contributed by atoms with Crippen molar-refractivity contribution in [3.8, 4) is 0 Å². The first-order valence-electron chi connectivity index (χ1n) is 11.2. The van der Waals surface area contributed by atoms with Gasteiger partial charge in [-0.3, -0.25) is 19.3 Å². The number of aliphatic hydroxyl groups is 1. The minimum Gasteiger partial charge on any atom is -0.466 e. The summed E-state index contributed by atoms with van der Waals surface area (Å²) in [4.78, 5) is 43.4. The molecule has 10 heteroatoms. The van der Waals surface area contributed by atoms with Crippen molar-refractivity contribution in [2.45, 2.75) is 42.2 Å². The van der Waals surface area contributed by atoms with Crippen molar-refractivity contribution in [1.82, 2.24) is 15.1 Å². The molecule has 2 amide bonds. The van der Waals surface area contributed by atoms with Crippen LogP contribution in [0.4, 0.5) is 0 Å². The highest BCUT2D eigenvalue weighted by Gasteiger charge is 2.77. The molecule has 2 unspecified atom stereocenters. The summed E-state index contributed by atoms with van der Waals surface area (Å²) in [5, 5.41) is 12.6. The minimum absolute atomic E-state index is 0.0887. The van der Waals surface area contributed by atoms with Crippen molar-refractivity contribution in [3.63, 3.8) is 0 Å². The Balaban J connectivity index is 1.54. The van der Waals surface area contributed by atoms with Crippen LogP contribution in [0.25, 0.3) is 0 Å². The smallest absolute Gasteiger partial charge is 0.311 e. The summed E-state index contributed by atoms with van der Waals surface area (Å²) in [5.41, 5.74) is 0. The Labute approximate surface area is 187 Å². The number of nitrogens with one attached hydrogen (secondary N) is 1. The molecule has 4 saturated heterocycles. The van der Waals surface area contributed by atoms with E-state index in [9.17, 15) is 19.5 Å². The third-order valence-corrected chi connectivity index (χ3v) is 9.22. The highest BCUT2D eigenvalue weighted by Crippen LogP contribution is 2.71. The Morgan fingerprint density at radius 1 is 1.29 bits per heavy atom. The van der Waals surface area contributed by atoms with Gasteiger partial charge < -0.3 is 24.8 Å². The van der Waals surface area contributed by atoms with E-state index in [1.807, 2.05) is 6.92 Å². The molecule has 2 N–H and O–H groups in total. The normalized spacial score (nSPS) is 37.2. The lowest BCUT2D eigenvalue weighted by Crippen LogP contribution is -2.55. The summed E-state index contributed by atoms with van der Waals surface area (Å²) in [6.45, 7) is 8.20. The molecule has 2 bridgehead atoms. The van der Waals surface area contributed by atoms with Crippen LogP contribution in [0, 0.1) is 11.8 Å². The molecule has 0 aromatic rings. The number of aliphatic hydroxyl groups excluding tert-OH is 1. The lowest BCUT2D eigenvalue weighted by Gasteiger charge is -2.34. The van der Waals surface area contributed by atoms with Crippen LogP contribution in [0.15, 0.2) is 0 Å². The summed E-state index contributed by atoms with van der Waals surface area (Å²) in [7, 11) is 0. The zero-order valence-corrected chi connectivity index (χ0v) is 19.1. The van der Waals surface area contributed by atoms with Crippen molar-refractivity contribution < 1.29 is 29.0 Å². The highest BCUT2D eigenvalue weighted by atomic mass is 32.2. The van der Waals surface area contributed by atoms with Crippen LogP contribution in [0.2, 0.25) is 0 Å². The molecular weight excluding hydrogens is 422 g/mol. The van der Waals surface area contributed by atoms with Crippen molar-refractivity contribution in [2.75, 3.05) is 59.2 Å². The molecule has 4 aliphatic rings. The van der Waals surface area contributed by atoms with Gasteiger partial charge >= 0.3 is 5.97 Å². The highest BCUT2D eigenvalue weighted by molar-refractivity contribution is 8.02. The zero-order valence-electron chi connectivity index (χ0n) is 18.3. The average Bonchev–Trinajstić information content (AvgIpc) is 3.30. The number of nitrogens with zero attached hydrogens (tertiary/aromatic N) is 2. The Bertz CT molecular complexity index is 732. The number of thioether (sulfide) groups is 1. The van der Waals surface area contributed by atoms with E-state index in [4.69, 9.17) is 9.47 Å². The number of rotatable bonds is 8. The van der Waals surface area contributed by atoms with Crippen LogP contribution in [-0.2, 0) is 23.9 Å². The molecule has 0 radical (unpaired) electrons. The Morgan fingerprint density at radius 3 is 2.71 bits per heavy atom. The van der Waals surface area contributed by atoms with Crippen LogP contribution in [0.1, 0.15) is 26.7 Å². The minimum atomic E-state index is -0.687. The molecular formula is C21H33N3O6S. The van der Waals surface area contributed by atoms with Gasteiger partial charge in [0.25, 0.3) is 0 Å². The monoisotopic (exact) mass is 455 g/mol. The van der Waals surface area contributed by atoms with Gasteiger partial charge in [0, 0.05) is 37.5 Å². The van der Waals surface area contributed by atoms with Gasteiger partial charge in [0.2, 0.25) is 11.8 Å². The second kappa shape index (κ2) is 8.88. The molecule has 0 aliphatic carbocycles. The van der Waals surface area contributed by atoms with Crippen molar-refractivity contribution in [3.05, 3.63) is 0 Å². The van der Waals surface area contributed by atoms with Crippen LogP contribution in [0.3, 0.4) is 0 Å². The second-order valence-electron chi connectivity index (χ2n) is 8.98. The van der Waals surface area contributed by atoms with Crippen LogP contribution in [-0.4, -0.2) is 107 Å². The fourth-order valence-corrected chi connectivity index (χ4v) is 8.27. The van der Waals surface area contributed by atoms with Gasteiger partial charge in [-0.2, -0.15) is 0 Å². The lowest BCUT2D eigenvalue weighted by molar-refractivity contribution is -0.155. The maximum atomic E-state index is 13.5. The number of likely N-dealkylation sites (tertiary alicyclic amines) is 1. The fraction of sp³-hybridized carbons (Fsp3) is 0.857.